The van der Waals surface area contributed by atoms with Crippen LogP contribution in [0.1, 0.15) is 12.0 Å². The van der Waals surface area contributed by atoms with Crippen LogP contribution in [0.3, 0.4) is 0 Å². The fourth-order valence-electron chi connectivity index (χ4n) is 3.65. The molecule has 2 atom stereocenters. The average molecular weight is 539 g/mol. The van der Waals surface area contributed by atoms with Crippen LogP contribution < -0.4 is 26.5 Å². The molecule has 0 spiro atoms. The van der Waals surface area contributed by atoms with Crippen LogP contribution in [0, 0.1) is 16.0 Å². The maximum Gasteiger partial charge on any atom is 0.352 e. The van der Waals surface area contributed by atoms with Gasteiger partial charge in [0.2, 0.25) is 11.4 Å². The van der Waals surface area contributed by atoms with Gasteiger partial charge in [0.15, 0.2) is 9.84 Å². The number of carbonyl (C=O) groups excluding carboxylic acids is 1. The highest BCUT2D eigenvalue weighted by molar-refractivity contribution is 7.91. The molecular formula is C20H26N8O8S. The molecule has 2 aliphatic rings. The van der Waals surface area contributed by atoms with Crippen molar-refractivity contribution < 1.29 is 32.8 Å². The molecule has 37 heavy (non-hydrogen) atoms. The Labute approximate surface area is 211 Å². The lowest BCUT2D eigenvalue weighted by Crippen LogP contribution is -2.51. The first kappa shape index (κ1) is 27.3. The van der Waals surface area contributed by atoms with E-state index in [0.717, 1.165) is 6.26 Å². The average Bonchev–Trinajstić information content (AvgIpc) is 3.32. The topological polar surface area (TPSA) is 236 Å². The molecule has 200 valence electrons. The number of nitrogens with one attached hydrogen (secondary N) is 1. The van der Waals surface area contributed by atoms with Gasteiger partial charge in [0.25, 0.3) is 5.88 Å². The molecule has 0 bridgehead atoms. The minimum atomic E-state index is -4.18. The summed E-state index contributed by atoms with van der Waals surface area (Å²) in [6.45, 7) is 1.15. The molecule has 0 saturated carbocycles. The number of hydrazine groups is 1. The number of benzene rings is 1. The molecule has 1 aromatic carbocycles. The second-order valence-electron chi connectivity index (χ2n) is 8.42. The number of rotatable bonds is 10. The number of allylic oxidation sites excluding steroid dienone is 1. The minimum absolute atomic E-state index is 0.0117. The molecule has 2 aliphatic heterocycles. The number of hydrogen-bond acceptors (Lipinski definition) is 13. The number of anilines is 1. The first-order valence-electron chi connectivity index (χ1n) is 10.7. The van der Waals surface area contributed by atoms with Crippen molar-refractivity contribution in [2.24, 2.45) is 27.5 Å². The van der Waals surface area contributed by atoms with Gasteiger partial charge in [-0.25, -0.2) is 24.3 Å². The van der Waals surface area contributed by atoms with E-state index in [9.17, 15) is 33.2 Å². The third-order valence-corrected chi connectivity index (χ3v) is 6.43. The van der Waals surface area contributed by atoms with Crippen molar-refractivity contribution in [3.05, 3.63) is 45.5 Å². The van der Waals surface area contributed by atoms with Crippen LogP contribution in [0.4, 0.5) is 5.69 Å². The summed E-state index contributed by atoms with van der Waals surface area (Å²) in [6.07, 6.45) is -0.127. The SMILES string of the molecule is CN(C)c1cc(OC2=C([N+](=O)[O-])C(C(CC(N)=O)C(=O)O)=NC(S(C)(=O)=O)N2N)cc(C2=NCCN2)c1. The molecule has 2 unspecified atom stereocenters. The minimum Gasteiger partial charge on any atom is -0.481 e. The van der Waals surface area contributed by atoms with Crippen molar-refractivity contribution in [3.8, 4) is 5.75 Å². The van der Waals surface area contributed by atoms with E-state index in [1.807, 2.05) is 0 Å². The number of nitrogens with two attached hydrogens (primary N) is 2. The largest absolute Gasteiger partial charge is 0.481 e. The number of hydrogen-bond donors (Lipinski definition) is 4. The van der Waals surface area contributed by atoms with E-state index in [0.29, 0.717) is 35.2 Å². The van der Waals surface area contributed by atoms with Gasteiger partial charge in [0.1, 0.15) is 23.2 Å². The predicted molar refractivity (Wildman–Crippen MR) is 132 cm³/mol. The molecule has 6 N–H and O–H groups in total. The Kier molecular flexibility index (Phi) is 7.68. The Bertz CT molecular complexity index is 1340. The molecule has 0 fully saturated rings. The number of ether oxygens (including phenoxy) is 1. The van der Waals surface area contributed by atoms with Gasteiger partial charge in [0.05, 0.1) is 11.5 Å². The molecule has 1 amide bonds. The highest BCUT2D eigenvalue weighted by atomic mass is 32.2. The lowest BCUT2D eigenvalue weighted by molar-refractivity contribution is -0.420. The molecule has 3 rings (SSSR count). The van der Waals surface area contributed by atoms with Crippen LogP contribution in [0.5, 0.6) is 5.75 Å². The van der Waals surface area contributed by atoms with E-state index in [4.69, 9.17) is 16.3 Å². The van der Waals surface area contributed by atoms with Crippen LogP contribution >= 0.6 is 0 Å². The summed E-state index contributed by atoms with van der Waals surface area (Å²) in [5, 5.41) is 25.3. The van der Waals surface area contributed by atoms with Crippen molar-refractivity contribution in [1.29, 1.82) is 0 Å². The fraction of sp³-hybridized carbons (Fsp3) is 0.400. The zero-order chi connectivity index (χ0) is 27.7. The number of carboxylic acids is 1. The Morgan fingerprint density at radius 2 is 2.05 bits per heavy atom. The Hall–Kier alpha value is -4.25. The van der Waals surface area contributed by atoms with Crippen LogP contribution in [0.2, 0.25) is 0 Å². The number of nitrogens with zero attached hydrogens (tertiary/aromatic N) is 5. The van der Waals surface area contributed by atoms with Gasteiger partial charge in [-0.1, -0.05) is 0 Å². The van der Waals surface area contributed by atoms with Crippen molar-refractivity contribution in [2.75, 3.05) is 38.3 Å². The smallest absolute Gasteiger partial charge is 0.352 e. The standard InChI is InChI=1S/C20H26N8O8S/c1-26(2)11-6-10(17-23-4-5-24-17)7-12(8-11)36-18-16(28(32)33)15(13(19(30)31)9-14(21)29)25-20(27(18)22)37(3,34)35/h6-8,13,20H,4-5,9,22H2,1-3H3,(H2,21,29)(H,23,24)(H,30,31). The lowest BCUT2D eigenvalue weighted by Gasteiger charge is -2.31. The fourth-order valence-corrected chi connectivity index (χ4v) is 4.46. The number of carbonyl (C=O) groups is 2. The van der Waals surface area contributed by atoms with E-state index in [1.165, 1.54) is 12.1 Å². The Morgan fingerprint density at radius 3 is 2.54 bits per heavy atom. The molecule has 0 saturated heterocycles. The normalized spacial score (nSPS) is 18.5. The van der Waals surface area contributed by atoms with Crippen LogP contribution in [0.15, 0.2) is 39.8 Å². The monoisotopic (exact) mass is 538 g/mol. The number of carboxylic acid groups (broad SMARTS) is 1. The molecule has 0 aliphatic carbocycles. The summed E-state index contributed by atoms with van der Waals surface area (Å²) in [4.78, 5) is 44.4. The Morgan fingerprint density at radius 1 is 1.38 bits per heavy atom. The quantitative estimate of drug-likeness (QED) is 0.151. The molecule has 0 aromatic heterocycles. The van der Waals surface area contributed by atoms with Crippen LogP contribution in [-0.4, -0.2) is 85.8 Å². The molecule has 1 aromatic rings. The number of aliphatic imine (C=N–C) groups is 2. The first-order chi connectivity index (χ1) is 17.2. The van der Waals surface area contributed by atoms with Gasteiger partial charge in [-0.05, 0) is 12.1 Å². The number of amidine groups is 1. The van der Waals surface area contributed by atoms with E-state index >= 15 is 0 Å². The second-order valence-corrected chi connectivity index (χ2v) is 10.5. The van der Waals surface area contributed by atoms with Gasteiger partial charge >= 0.3 is 11.7 Å². The first-order valence-corrected chi connectivity index (χ1v) is 12.7. The van der Waals surface area contributed by atoms with Crippen molar-refractivity contribution in [2.45, 2.75) is 11.9 Å². The third-order valence-electron chi connectivity index (χ3n) is 5.34. The van der Waals surface area contributed by atoms with Crippen LogP contribution in [0.25, 0.3) is 0 Å². The number of nitro groups is 1. The lowest BCUT2D eigenvalue weighted by atomic mass is 9.96. The Balaban J connectivity index is 2.24. The van der Waals surface area contributed by atoms with E-state index < -0.39 is 61.8 Å². The third kappa shape index (κ3) is 5.95. The molecule has 16 nitrogen and oxygen atoms in total. The molecule has 2 heterocycles. The van der Waals surface area contributed by atoms with E-state index in [-0.39, 0.29) is 5.75 Å². The molecule has 0 radical (unpaired) electrons. The van der Waals surface area contributed by atoms with Gasteiger partial charge in [-0.3, -0.25) is 24.7 Å². The summed E-state index contributed by atoms with van der Waals surface area (Å²) < 4.78 is 30.7. The summed E-state index contributed by atoms with van der Waals surface area (Å²) in [7, 11) is -0.690. The number of sulfone groups is 1. The van der Waals surface area contributed by atoms with E-state index in [1.54, 1.807) is 25.1 Å². The van der Waals surface area contributed by atoms with Gasteiger partial charge in [-0.15, -0.1) is 0 Å². The number of aliphatic carboxylic acids is 1. The second kappa shape index (κ2) is 10.4. The zero-order valence-electron chi connectivity index (χ0n) is 20.1. The summed E-state index contributed by atoms with van der Waals surface area (Å²) in [5.41, 5.74) is 2.49. The van der Waals surface area contributed by atoms with Gasteiger partial charge in [0, 0.05) is 50.6 Å². The predicted octanol–water partition coefficient (Wildman–Crippen LogP) is -1.54. The highest BCUT2D eigenvalue weighted by Gasteiger charge is 2.47. The highest BCUT2D eigenvalue weighted by Crippen LogP contribution is 2.31. The number of amides is 1. The summed E-state index contributed by atoms with van der Waals surface area (Å²) in [6, 6.07) is 4.80. The maximum atomic E-state index is 12.5. The van der Waals surface area contributed by atoms with Crippen molar-refractivity contribution >= 4 is 38.9 Å². The maximum absolute atomic E-state index is 12.5. The zero-order valence-corrected chi connectivity index (χ0v) is 20.9. The van der Waals surface area contributed by atoms with Gasteiger partial charge in [-0.2, -0.15) is 0 Å². The van der Waals surface area contributed by atoms with E-state index in [2.05, 4.69) is 15.3 Å². The molecule has 17 heteroatoms. The van der Waals surface area contributed by atoms with Crippen LogP contribution in [-0.2, 0) is 19.4 Å². The van der Waals surface area contributed by atoms with Crippen molar-refractivity contribution in [3.63, 3.8) is 0 Å². The van der Waals surface area contributed by atoms with Crippen molar-refractivity contribution in [1.82, 2.24) is 10.3 Å². The summed E-state index contributed by atoms with van der Waals surface area (Å²) in [5.74, 6) is 1.01. The number of primary amides is 1. The van der Waals surface area contributed by atoms with Gasteiger partial charge < -0.3 is 25.8 Å². The molecular weight excluding hydrogens is 512 g/mol. The summed E-state index contributed by atoms with van der Waals surface area (Å²) >= 11 is 0.